The van der Waals surface area contributed by atoms with E-state index in [2.05, 4.69) is 39.4 Å². The minimum absolute atomic E-state index is 0.0153. The van der Waals surface area contributed by atoms with Crippen LogP contribution in [0, 0.1) is 19.7 Å². The number of nitrogens with zero attached hydrogens (tertiary/aromatic N) is 4. The second kappa shape index (κ2) is 8.94. The number of aromatic nitrogens is 3. The van der Waals surface area contributed by atoms with E-state index >= 15 is 0 Å². The van der Waals surface area contributed by atoms with Gasteiger partial charge in [0.15, 0.2) is 0 Å². The summed E-state index contributed by atoms with van der Waals surface area (Å²) in [6.07, 6.45) is 5.20. The van der Waals surface area contributed by atoms with Crippen molar-refractivity contribution in [3.8, 4) is 11.1 Å². The molecule has 0 saturated carbocycles. The highest BCUT2D eigenvalue weighted by molar-refractivity contribution is 8.02. The molecule has 4 heterocycles. The van der Waals surface area contributed by atoms with Gasteiger partial charge in [-0.25, -0.2) is 9.37 Å². The molecule has 2 aromatic carbocycles. The van der Waals surface area contributed by atoms with Crippen LogP contribution in [-0.2, 0) is 4.79 Å². The fraction of sp³-hybridized carbons (Fsp3) is 0.222. The molecule has 6 rings (SSSR count). The number of allylic oxidation sites excluding steroid dienone is 2. The summed E-state index contributed by atoms with van der Waals surface area (Å²) in [5.41, 5.74) is 6.08. The van der Waals surface area contributed by atoms with Gasteiger partial charge in [-0.2, -0.15) is 0 Å². The Morgan fingerprint density at radius 3 is 2.78 bits per heavy atom. The molecule has 0 spiro atoms. The fourth-order valence-corrected chi connectivity index (χ4v) is 5.86. The highest BCUT2D eigenvalue weighted by Gasteiger charge is 2.37. The van der Waals surface area contributed by atoms with Crippen molar-refractivity contribution in [2.75, 3.05) is 10.7 Å². The molecule has 0 unspecified atom stereocenters. The van der Waals surface area contributed by atoms with Gasteiger partial charge in [-0.05, 0) is 73.7 Å². The second-order valence-electron chi connectivity index (χ2n) is 8.89. The lowest BCUT2D eigenvalue weighted by Crippen LogP contribution is -2.29. The number of hydrogen-bond acceptors (Lipinski definition) is 5. The predicted octanol–water partition coefficient (Wildman–Crippen LogP) is 7.07. The molecule has 36 heavy (non-hydrogen) atoms. The van der Waals surface area contributed by atoms with Crippen LogP contribution < -0.4 is 4.90 Å². The highest BCUT2D eigenvalue weighted by atomic mass is 35.5. The van der Waals surface area contributed by atoms with Gasteiger partial charge in [-0.15, -0.1) is 11.8 Å². The quantitative estimate of drug-likeness (QED) is 0.288. The van der Waals surface area contributed by atoms with Crippen molar-refractivity contribution in [2.45, 2.75) is 32.7 Å². The molecule has 1 saturated heterocycles. The monoisotopic (exact) mass is 520 g/mol. The molecule has 0 bridgehead atoms. The lowest BCUT2D eigenvalue weighted by Gasteiger charge is -2.26. The number of fused-ring (bicyclic) bond motifs is 1. The molecule has 6 nitrogen and oxygen atoms in total. The minimum atomic E-state index is -0.516. The van der Waals surface area contributed by atoms with Crippen LogP contribution in [0.4, 0.5) is 10.1 Å². The van der Waals surface area contributed by atoms with Crippen LogP contribution in [0.3, 0.4) is 0 Å². The maximum atomic E-state index is 13.9. The second-order valence-corrected chi connectivity index (χ2v) is 10.2. The van der Waals surface area contributed by atoms with E-state index in [1.165, 1.54) is 12.1 Å². The Kier molecular flexibility index (Phi) is 5.73. The first-order valence-corrected chi connectivity index (χ1v) is 13.1. The predicted molar refractivity (Wildman–Crippen MR) is 141 cm³/mol. The van der Waals surface area contributed by atoms with Crippen molar-refractivity contribution < 1.29 is 13.7 Å². The summed E-state index contributed by atoms with van der Waals surface area (Å²) in [5, 5.41) is 6.15. The van der Waals surface area contributed by atoms with E-state index in [0.29, 0.717) is 18.5 Å². The lowest BCUT2D eigenvalue weighted by atomic mass is 10.0. The molecule has 1 amide bonds. The molecule has 4 aromatic rings. The van der Waals surface area contributed by atoms with Crippen molar-refractivity contribution in [3.63, 3.8) is 0 Å². The van der Waals surface area contributed by atoms with E-state index in [1.54, 1.807) is 22.7 Å². The molecule has 1 fully saturated rings. The number of thioether (sulfide) groups is 1. The third-order valence-electron chi connectivity index (χ3n) is 6.68. The van der Waals surface area contributed by atoms with Crippen LogP contribution in [0.5, 0.6) is 0 Å². The zero-order valence-corrected chi connectivity index (χ0v) is 21.2. The Morgan fingerprint density at radius 1 is 1.19 bits per heavy atom. The summed E-state index contributed by atoms with van der Waals surface area (Å²) in [5.74, 6) is 1.81. The highest BCUT2D eigenvalue weighted by Crippen LogP contribution is 2.41. The molecule has 2 aliphatic rings. The zero-order chi connectivity index (χ0) is 25.0. The molecule has 0 radical (unpaired) electrons. The van der Waals surface area contributed by atoms with Gasteiger partial charge in [0.25, 0.3) is 0 Å². The average molecular weight is 521 g/mol. The zero-order valence-electron chi connectivity index (χ0n) is 19.7. The number of carbonyl (C=O) groups is 1. The molecule has 0 aliphatic carbocycles. The number of imidazole rings is 1. The number of aryl methyl sites for hydroxylation is 2. The van der Waals surface area contributed by atoms with E-state index < -0.39 is 5.82 Å². The number of halogens is 2. The maximum Gasteiger partial charge on any atom is 0.227 e. The van der Waals surface area contributed by atoms with E-state index in [0.717, 1.165) is 50.9 Å². The van der Waals surface area contributed by atoms with E-state index in [9.17, 15) is 9.18 Å². The summed E-state index contributed by atoms with van der Waals surface area (Å²) in [4.78, 5) is 19.8. The summed E-state index contributed by atoms with van der Waals surface area (Å²) in [6, 6.07) is 10.2. The van der Waals surface area contributed by atoms with Crippen LogP contribution in [0.25, 0.3) is 27.9 Å². The van der Waals surface area contributed by atoms with Crippen LogP contribution >= 0.6 is 23.4 Å². The summed E-state index contributed by atoms with van der Waals surface area (Å²) in [7, 11) is 0. The van der Waals surface area contributed by atoms with Gasteiger partial charge < -0.3 is 9.42 Å². The van der Waals surface area contributed by atoms with Gasteiger partial charge in [-0.3, -0.25) is 9.36 Å². The largest absolute Gasteiger partial charge is 0.361 e. The number of anilines is 1. The standard InChI is InChI=1S/C27H22ClFN4O2S/c1-15-26(16(2)35-31-15)17-3-6-23-22(13-17)30-27(33(23)18-9-11-36-12-10-18)24-7-8-25(34)32(24)19-4-5-21(29)20(28)14-19/h3-6,9-11,13-14,24H,7-8,12H2,1-2H3/t24-/m0/s1. The number of carbonyl (C=O) groups excluding carboxylic acids is 1. The molecule has 9 heteroatoms. The first-order chi connectivity index (χ1) is 17.4. The third kappa shape index (κ3) is 3.76. The molecule has 1 atom stereocenters. The molecular formula is C27H22ClFN4O2S. The number of benzene rings is 2. The van der Waals surface area contributed by atoms with Crippen molar-refractivity contribution in [2.24, 2.45) is 0 Å². The van der Waals surface area contributed by atoms with Gasteiger partial charge in [0.2, 0.25) is 5.91 Å². The minimum Gasteiger partial charge on any atom is -0.361 e. The lowest BCUT2D eigenvalue weighted by molar-refractivity contribution is -0.117. The van der Waals surface area contributed by atoms with Crippen LogP contribution in [-0.4, -0.2) is 26.4 Å². The summed E-state index contributed by atoms with van der Waals surface area (Å²) in [6.45, 7) is 3.82. The van der Waals surface area contributed by atoms with Gasteiger partial charge in [0, 0.05) is 29.1 Å². The van der Waals surface area contributed by atoms with Crippen molar-refractivity contribution in [1.82, 2.24) is 14.7 Å². The van der Waals surface area contributed by atoms with Crippen LogP contribution in [0.15, 0.2) is 58.5 Å². The Bertz CT molecular complexity index is 1570. The number of rotatable bonds is 4. The Morgan fingerprint density at radius 2 is 2.06 bits per heavy atom. The number of amides is 1. The number of hydrogen-bond donors (Lipinski definition) is 0. The van der Waals surface area contributed by atoms with E-state index in [1.807, 2.05) is 19.9 Å². The normalized spacial score (nSPS) is 17.9. The Labute approximate surface area is 216 Å². The molecule has 182 valence electrons. The van der Waals surface area contributed by atoms with Crippen molar-refractivity contribution >= 4 is 51.7 Å². The Hall–Kier alpha value is -3.36. The van der Waals surface area contributed by atoms with Gasteiger partial charge >= 0.3 is 0 Å². The fourth-order valence-electron chi connectivity index (χ4n) is 5.07. The Balaban J connectivity index is 1.54. The summed E-state index contributed by atoms with van der Waals surface area (Å²) >= 11 is 7.80. The average Bonchev–Trinajstić information content (AvgIpc) is 3.55. The smallest absolute Gasteiger partial charge is 0.227 e. The molecule has 2 aliphatic heterocycles. The van der Waals surface area contributed by atoms with Crippen molar-refractivity contribution in [3.05, 3.63) is 82.1 Å². The first-order valence-electron chi connectivity index (χ1n) is 11.6. The van der Waals surface area contributed by atoms with Crippen LogP contribution in [0.2, 0.25) is 5.02 Å². The van der Waals surface area contributed by atoms with E-state index in [4.69, 9.17) is 21.1 Å². The van der Waals surface area contributed by atoms with Gasteiger partial charge in [-0.1, -0.05) is 22.8 Å². The first kappa shape index (κ1) is 23.1. The molecular weight excluding hydrogens is 499 g/mol. The topological polar surface area (TPSA) is 64.2 Å². The third-order valence-corrected chi connectivity index (χ3v) is 7.65. The summed E-state index contributed by atoms with van der Waals surface area (Å²) < 4.78 is 21.4. The SMILES string of the molecule is Cc1noc(C)c1-c1ccc2c(c1)nc([C@@H]1CCC(=O)N1c1ccc(F)c(Cl)c1)n2C1=CCSC=C1. The van der Waals surface area contributed by atoms with Gasteiger partial charge in [0.05, 0.1) is 27.8 Å². The molecule has 0 N–H and O–H groups in total. The van der Waals surface area contributed by atoms with E-state index in [-0.39, 0.29) is 17.0 Å². The van der Waals surface area contributed by atoms with Crippen LogP contribution in [0.1, 0.15) is 36.2 Å². The molecule has 2 aromatic heterocycles. The maximum absolute atomic E-state index is 13.9. The van der Waals surface area contributed by atoms with Gasteiger partial charge in [0.1, 0.15) is 17.4 Å². The van der Waals surface area contributed by atoms with Crippen molar-refractivity contribution in [1.29, 1.82) is 0 Å².